The number of rotatable bonds is 6. The van der Waals surface area contributed by atoms with E-state index in [9.17, 15) is 4.79 Å². The number of carbonyl (C=O) groups is 1. The number of halogens is 3. The fraction of sp³-hybridized carbons (Fsp3) is 0.150. The summed E-state index contributed by atoms with van der Waals surface area (Å²) in [7, 11) is 0. The average Bonchev–Trinajstić information content (AvgIpc) is 3.18. The van der Waals surface area contributed by atoms with Crippen LogP contribution in [0.5, 0.6) is 0 Å². The zero-order valence-corrected chi connectivity index (χ0v) is 17.3. The number of aryl methyl sites for hydroxylation is 1. The Bertz CT molecular complexity index is 955. The van der Waals surface area contributed by atoms with Crippen molar-refractivity contribution in [3.63, 3.8) is 0 Å². The molecule has 3 rings (SSSR count). The number of aromatic nitrogens is 2. The van der Waals surface area contributed by atoms with Gasteiger partial charge in [0.25, 0.3) is 0 Å². The Morgan fingerprint density at radius 3 is 2.54 bits per heavy atom. The molecule has 0 unspecified atom stereocenters. The Hall–Kier alpha value is -2.34. The van der Waals surface area contributed by atoms with Crippen LogP contribution < -0.4 is 0 Å². The van der Waals surface area contributed by atoms with Crippen molar-refractivity contribution >= 4 is 47.3 Å². The third-order valence-corrected chi connectivity index (χ3v) is 4.52. The van der Waals surface area contributed by atoms with E-state index in [2.05, 4.69) is 17.1 Å². The lowest BCUT2D eigenvalue weighted by Gasteiger charge is -2.09. The van der Waals surface area contributed by atoms with E-state index < -0.39 is 5.97 Å². The van der Waals surface area contributed by atoms with Gasteiger partial charge in [-0.15, -0.1) is 12.4 Å². The number of hydrogen-bond acceptors (Lipinski definition) is 4. The maximum atomic E-state index is 12.3. The van der Waals surface area contributed by atoms with Crippen LogP contribution in [-0.4, -0.2) is 21.2 Å². The van der Waals surface area contributed by atoms with Gasteiger partial charge in [0, 0.05) is 23.0 Å². The van der Waals surface area contributed by atoms with Crippen LogP contribution in [0.2, 0.25) is 10.0 Å². The summed E-state index contributed by atoms with van der Waals surface area (Å²) in [5.74, 6) is -0.536. The fourth-order valence-corrected chi connectivity index (χ4v) is 2.98. The summed E-state index contributed by atoms with van der Waals surface area (Å²) in [6.45, 7) is 2.39. The molecule has 2 aromatic carbocycles. The lowest BCUT2D eigenvalue weighted by molar-refractivity contribution is 0.0515. The highest BCUT2D eigenvalue weighted by atomic mass is 35.5. The molecule has 0 atom stereocenters. The standard InChI is InChI=1S/C20H17Cl2N3O2.ClH/c1-2-14-3-5-15(6-4-14)20(26)27-24-19(12-25-10-9-23-13-25)17-8-7-16(21)11-18(17)22;/h3-11,13H,2,12H2,1H3;1H/b24-19+;. The number of benzene rings is 2. The van der Waals surface area contributed by atoms with Crippen LogP contribution in [0, 0.1) is 0 Å². The largest absolute Gasteiger partial charge is 0.365 e. The third-order valence-electron chi connectivity index (χ3n) is 3.97. The summed E-state index contributed by atoms with van der Waals surface area (Å²) in [5.41, 5.74) is 2.68. The summed E-state index contributed by atoms with van der Waals surface area (Å²) >= 11 is 12.3. The quantitative estimate of drug-likeness (QED) is 0.293. The highest BCUT2D eigenvalue weighted by molar-refractivity contribution is 6.37. The lowest BCUT2D eigenvalue weighted by Crippen LogP contribution is -2.13. The van der Waals surface area contributed by atoms with Crippen LogP contribution >= 0.6 is 35.6 Å². The predicted octanol–water partition coefficient (Wildman–Crippen LogP) is 5.44. The number of imidazole rings is 1. The molecule has 0 amide bonds. The molecular formula is C20H18Cl3N3O2. The van der Waals surface area contributed by atoms with Crippen molar-refractivity contribution < 1.29 is 9.63 Å². The highest BCUT2D eigenvalue weighted by Crippen LogP contribution is 2.22. The van der Waals surface area contributed by atoms with Crippen molar-refractivity contribution in [3.8, 4) is 0 Å². The molecule has 3 aromatic rings. The number of carbonyl (C=O) groups excluding carboxylic acids is 1. The minimum atomic E-state index is -0.536. The molecular weight excluding hydrogens is 421 g/mol. The fourth-order valence-electron chi connectivity index (χ4n) is 2.47. The second-order valence-corrected chi connectivity index (χ2v) is 6.67. The molecule has 0 aliphatic carbocycles. The molecule has 28 heavy (non-hydrogen) atoms. The zero-order chi connectivity index (χ0) is 19.2. The minimum absolute atomic E-state index is 0. The van der Waals surface area contributed by atoms with Crippen LogP contribution in [0.25, 0.3) is 0 Å². The summed E-state index contributed by atoms with van der Waals surface area (Å²) < 4.78 is 1.80. The summed E-state index contributed by atoms with van der Waals surface area (Å²) in [6.07, 6.45) is 5.98. The molecule has 0 aliphatic heterocycles. The monoisotopic (exact) mass is 437 g/mol. The molecule has 0 radical (unpaired) electrons. The normalized spacial score (nSPS) is 11.0. The Balaban J connectivity index is 0.00000280. The molecule has 5 nitrogen and oxygen atoms in total. The summed E-state index contributed by atoms with van der Waals surface area (Å²) in [4.78, 5) is 21.5. The number of oxime groups is 1. The summed E-state index contributed by atoms with van der Waals surface area (Å²) in [6, 6.07) is 12.3. The van der Waals surface area contributed by atoms with Crippen LogP contribution in [0.4, 0.5) is 0 Å². The van der Waals surface area contributed by atoms with E-state index in [4.69, 9.17) is 28.0 Å². The molecule has 0 fully saturated rings. The molecule has 0 aliphatic rings. The predicted molar refractivity (Wildman–Crippen MR) is 114 cm³/mol. The SMILES string of the molecule is CCc1ccc(C(=O)O/N=C(\Cn2ccnc2)c2ccc(Cl)cc2Cl)cc1.Cl. The zero-order valence-electron chi connectivity index (χ0n) is 15.0. The Morgan fingerprint density at radius 1 is 1.18 bits per heavy atom. The van der Waals surface area contributed by atoms with Crippen LogP contribution in [0.15, 0.2) is 66.3 Å². The average molecular weight is 439 g/mol. The van der Waals surface area contributed by atoms with Gasteiger partial charge >= 0.3 is 5.97 Å². The van der Waals surface area contributed by atoms with Crippen LogP contribution in [0.3, 0.4) is 0 Å². The Kier molecular flexibility index (Phi) is 8.05. The van der Waals surface area contributed by atoms with Gasteiger partial charge in [0.15, 0.2) is 0 Å². The van der Waals surface area contributed by atoms with Crippen LogP contribution in [0.1, 0.15) is 28.4 Å². The molecule has 0 saturated heterocycles. The van der Waals surface area contributed by atoms with E-state index in [0.717, 1.165) is 12.0 Å². The van der Waals surface area contributed by atoms with E-state index in [-0.39, 0.29) is 12.4 Å². The van der Waals surface area contributed by atoms with Gasteiger partial charge in [-0.1, -0.05) is 47.4 Å². The van der Waals surface area contributed by atoms with E-state index in [1.807, 2.05) is 12.1 Å². The maximum absolute atomic E-state index is 12.3. The van der Waals surface area contributed by atoms with Gasteiger partial charge in [0.05, 0.1) is 23.5 Å². The van der Waals surface area contributed by atoms with Crippen molar-refractivity contribution in [2.75, 3.05) is 0 Å². The first-order valence-electron chi connectivity index (χ1n) is 8.35. The van der Waals surface area contributed by atoms with E-state index >= 15 is 0 Å². The second kappa shape index (κ2) is 10.3. The van der Waals surface area contributed by atoms with Gasteiger partial charge in [-0.25, -0.2) is 9.78 Å². The minimum Gasteiger partial charge on any atom is -0.331 e. The first-order valence-corrected chi connectivity index (χ1v) is 9.10. The first kappa shape index (κ1) is 22.0. The van der Waals surface area contributed by atoms with Gasteiger partial charge in [-0.05, 0) is 42.3 Å². The van der Waals surface area contributed by atoms with Crippen molar-refractivity contribution in [2.24, 2.45) is 5.16 Å². The van der Waals surface area contributed by atoms with E-state index in [1.165, 1.54) is 0 Å². The summed E-state index contributed by atoms with van der Waals surface area (Å²) in [5, 5.41) is 5.00. The molecule has 1 heterocycles. The van der Waals surface area contributed by atoms with Crippen molar-refractivity contribution in [1.82, 2.24) is 9.55 Å². The third kappa shape index (κ3) is 5.58. The van der Waals surface area contributed by atoms with Crippen molar-refractivity contribution in [1.29, 1.82) is 0 Å². The maximum Gasteiger partial charge on any atom is 0.365 e. The molecule has 146 valence electrons. The van der Waals surface area contributed by atoms with E-state index in [0.29, 0.717) is 33.4 Å². The smallest absolute Gasteiger partial charge is 0.331 e. The molecule has 0 bridgehead atoms. The molecule has 0 N–H and O–H groups in total. The molecule has 1 aromatic heterocycles. The number of hydrogen-bond donors (Lipinski definition) is 0. The van der Waals surface area contributed by atoms with Gasteiger partial charge < -0.3 is 9.40 Å². The topological polar surface area (TPSA) is 56.5 Å². The number of nitrogens with zero attached hydrogens (tertiary/aromatic N) is 3. The Labute approximate surface area is 179 Å². The van der Waals surface area contributed by atoms with Crippen LogP contribution in [-0.2, 0) is 17.8 Å². The van der Waals surface area contributed by atoms with Gasteiger partial charge in [-0.3, -0.25) is 0 Å². The first-order chi connectivity index (χ1) is 13.1. The van der Waals surface area contributed by atoms with Crippen molar-refractivity contribution in [3.05, 3.63) is 87.9 Å². The molecule has 0 saturated carbocycles. The van der Waals surface area contributed by atoms with E-state index in [1.54, 1.807) is 53.6 Å². The van der Waals surface area contributed by atoms with Gasteiger partial charge in [-0.2, -0.15) is 0 Å². The Morgan fingerprint density at radius 2 is 1.93 bits per heavy atom. The van der Waals surface area contributed by atoms with Crippen molar-refractivity contribution in [2.45, 2.75) is 19.9 Å². The molecule has 0 spiro atoms. The van der Waals surface area contributed by atoms with Gasteiger partial charge in [0.1, 0.15) is 5.71 Å². The van der Waals surface area contributed by atoms with Gasteiger partial charge in [0.2, 0.25) is 0 Å². The molecule has 8 heteroatoms. The second-order valence-electron chi connectivity index (χ2n) is 5.83. The lowest BCUT2D eigenvalue weighted by atomic mass is 10.1. The highest BCUT2D eigenvalue weighted by Gasteiger charge is 2.13.